The maximum absolute atomic E-state index is 13.6. The lowest BCUT2D eigenvalue weighted by atomic mass is 9.68. The number of rotatable bonds is 6. The van der Waals surface area contributed by atoms with Gasteiger partial charge in [0.1, 0.15) is 11.6 Å². The Morgan fingerprint density at radius 3 is 2.85 bits per heavy atom. The number of ketones is 1. The first-order chi connectivity index (χ1) is 15.8. The summed E-state index contributed by atoms with van der Waals surface area (Å²) in [6, 6.07) is 9.73. The number of hydrogen-bond donors (Lipinski definition) is 1. The van der Waals surface area contributed by atoms with Gasteiger partial charge in [0.2, 0.25) is 5.13 Å². The number of Topliss-reactive ketones (excluding diaryl/α,β-unsaturated/α-hetero) is 1. The topological polar surface area (TPSA) is 105 Å². The maximum Gasteiger partial charge on any atom is 0.219 e. The molecule has 33 heavy (non-hydrogen) atoms. The molecule has 7 nitrogen and oxygen atoms in total. The van der Waals surface area contributed by atoms with Crippen molar-refractivity contribution in [2.24, 2.45) is 11.1 Å². The number of allylic oxidation sites excluding steroid dienone is 3. The average molecular weight is 480 g/mol. The van der Waals surface area contributed by atoms with Crippen molar-refractivity contribution in [3.8, 4) is 11.8 Å². The minimum absolute atomic E-state index is 0.00757. The van der Waals surface area contributed by atoms with Crippen molar-refractivity contribution >= 4 is 34.0 Å². The van der Waals surface area contributed by atoms with Crippen molar-refractivity contribution in [3.63, 3.8) is 0 Å². The molecule has 1 aliphatic heterocycles. The van der Waals surface area contributed by atoms with Gasteiger partial charge in [0.15, 0.2) is 10.1 Å². The molecule has 1 aliphatic carbocycles. The zero-order valence-electron chi connectivity index (χ0n) is 18.8. The van der Waals surface area contributed by atoms with E-state index in [2.05, 4.69) is 36.7 Å². The van der Waals surface area contributed by atoms with Crippen molar-refractivity contribution in [1.82, 2.24) is 10.2 Å². The monoisotopic (exact) mass is 479 g/mol. The Labute approximate surface area is 201 Å². The fourth-order valence-electron chi connectivity index (χ4n) is 4.42. The molecule has 9 heteroatoms. The highest BCUT2D eigenvalue weighted by molar-refractivity contribution is 8.01. The quantitative estimate of drug-likeness (QED) is 0.467. The van der Waals surface area contributed by atoms with Gasteiger partial charge in [-0.05, 0) is 17.9 Å². The molecule has 0 saturated carbocycles. The standard InChI is InChI=1S/C24H25N5O2S2/c1-5-10-32-23-28-27-22(33-23)29-16-11-24(2,3)12-17(30)20(16)19(15(13-25)21(29)26)14-8-6-7-9-18(14)31-4/h5-9,19H,1,10-12,26H2,2-4H3. The van der Waals surface area contributed by atoms with Crippen molar-refractivity contribution in [2.45, 2.75) is 36.9 Å². The molecule has 1 aromatic heterocycles. The fraction of sp³-hybridized carbons (Fsp3) is 0.333. The summed E-state index contributed by atoms with van der Waals surface area (Å²) in [4.78, 5) is 15.3. The molecule has 0 spiro atoms. The predicted octanol–water partition coefficient (Wildman–Crippen LogP) is 4.77. The minimum atomic E-state index is -0.594. The predicted molar refractivity (Wildman–Crippen MR) is 131 cm³/mol. The van der Waals surface area contributed by atoms with Gasteiger partial charge < -0.3 is 10.5 Å². The molecule has 170 valence electrons. The molecule has 1 aromatic carbocycles. The Balaban J connectivity index is 1.94. The highest BCUT2D eigenvalue weighted by Crippen LogP contribution is 2.51. The molecule has 0 saturated heterocycles. The summed E-state index contributed by atoms with van der Waals surface area (Å²) in [5.74, 6) is 1.00. The van der Waals surface area contributed by atoms with Crippen LogP contribution in [0.15, 0.2) is 63.9 Å². The van der Waals surface area contributed by atoms with Gasteiger partial charge in [-0.1, -0.05) is 61.2 Å². The summed E-state index contributed by atoms with van der Waals surface area (Å²) in [7, 11) is 1.58. The van der Waals surface area contributed by atoms with Crippen molar-refractivity contribution in [1.29, 1.82) is 5.26 Å². The Hall–Kier alpha value is -3.09. The number of nitrogens with zero attached hydrogens (tertiary/aromatic N) is 4. The van der Waals surface area contributed by atoms with E-state index in [9.17, 15) is 10.1 Å². The first-order valence-corrected chi connectivity index (χ1v) is 12.3. The summed E-state index contributed by atoms with van der Waals surface area (Å²) in [5.41, 5.74) is 8.81. The van der Waals surface area contributed by atoms with Gasteiger partial charge in [-0.25, -0.2) is 0 Å². The number of carbonyl (C=O) groups is 1. The van der Waals surface area contributed by atoms with Crippen molar-refractivity contribution < 1.29 is 9.53 Å². The van der Waals surface area contributed by atoms with E-state index in [1.807, 2.05) is 24.3 Å². The number of hydrogen-bond acceptors (Lipinski definition) is 9. The second-order valence-electron chi connectivity index (χ2n) is 8.67. The van der Waals surface area contributed by atoms with Crippen LogP contribution in [0.3, 0.4) is 0 Å². The van der Waals surface area contributed by atoms with E-state index in [1.165, 1.54) is 23.1 Å². The largest absolute Gasteiger partial charge is 0.496 e. The molecular weight excluding hydrogens is 454 g/mol. The van der Waals surface area contributed by atoms with Gasteiger partial charge in [-0.3, -0.25) is 9.69 Å². The number of anilines is 1. The number of thioether (sulfide) groups is 1. The van der Waals surface area contributed by atoms with Crippen LogP contribution in [0.4, 0.5) is 5.13 Å². The number of nitriles is 1. The number of aromatic nitrogens is 2. The van der Waals surface area contributed by atoms with Gasteiger partial charge in [0, 0.05) is 29.0 Å². The molecule has 1 unspecified atom stereocenters. The summed E-state index contributed by atoms with van der Waals surface area (Å²) >= 11 is 2.91. The third-order valence-corrected chi connectivity index (χ3v) is 7.78. The Morgan fingerprint density at radius 1 is 1.39 bits per heavy atom. The van der Waals surface area contributed by atoms with Gasteiger partial charge in [-0.2, -0.15) is 5.26 Å². The summed E-state index contributed by atoms with van der Waals surface area (Å²) in [5, 5.41) is 19.3. The van der Waals surface area contributed by atoms with E-state index in [-0.39, 0.29) is 17.0 Å². The lowest BCUT2D eigenvalue weighted by molar-refractivity contribution is -0.118. The van der Waals surface area contributed by atoms with Gasteiger partial charge in [0.05, 0.1) is 24.7 Å². The SMILES string of the molecule is C=CCSc1nnc(N2C(N)=C(C#N)C(c3ccccc3OC)C3=C2CC(C)(C)CC3=O)s1. The van der Waals surface area contributed by atoms with Gasteiger partial charge >= 0.3 is 0 Å². The number of nitrogens with two attached hydrogens (primary N) is 1. The van der Waals surface area contributed by atoms with Crippen LogP contribution in [-0.2, 0) is 4.79 Å². The van der Waals surface area contributed by atoms with E-state index in [0.29, 0.717) is 40.6 Å². The van der Waals surface area contributed by atoms with Crippen LogP contribution < -0.4 is 15.4 Å². The Kier molecular flexibility index (Phi) is 6.32. The highest BCUT2D eigenvalue weighted by Gasteiger charge is 2.46. The number of benzene rings is 1. The molecule has 0 amide bonds. The van der Waals surface area contributed by atoms with E-state index >= 15 is 0 Å². The molecule has 2 aromatic rings. The third-order valence-electron chi connectivity index (χ3n) is 5.74. The lowest BCUT2D eigenvalue weighted by Gasteiger charge is -2.42. The molecule has 1 atom stereocenters. The summed E-state index contributed by atoms with van der Waals surface area (Å²) < 4.78 is 6.35. The lowest BCUT2D eigenvalue weighted by Crippen LogP contribution is -2.42. The zero-order valence-corrected chi connectivity index (χ0v) is 20.4. The van der Waals surface area contributed by atoms with Gasteiger partial charge in [0.25, 0.3) is 0 Å². The van der Waals surface area contributed by atoms with E-state index in [4.69, 9.17) is 10.5 Å². The molecule has 2 heterocycles. The number of ether oxygens (including phenoxy) is 1. The fourth-order valence-corrected chi connectivity index (χ4v) is 6.07. The summed E-state index contributed by atoms with van der Waals surface area (Å²) in [6.07, 6.45) is 2.81. The van der Waals surface area contributed by atoms with Crippen molar-refractivity contribution in [2.75, 3.05) is 17.8 Å². The van der Waals surface area contributed by atoms with E-state index < -0.39 is 5.92 Å². The maximum atomic E-state index is 13.6. The van der Waals surface area contributed by atoms with Crippen LogP contribution in [-0.4, -0.2) is 28.8 Å². The molecule has 2 N–H and O–H groups in total. The van der Waals surface area contributed by atoms with Crippen LogP contribution in [0.5, 0.6) is 5.75 Å². The van der Waals surface area contributed by atoms with Crippen LogP contribution in [0, 0.1) is 16.7 Å². The number of carbonyl (C=O) groups excluding carboxylic acids is 1. The first-order valence-electron chi connectivity index (χ1n) is 10.5. The number of methoxy groups -OCH3 is 1. The average Bonchev–Trinajstić information content (AvgIpc) is 3.24. The third kappa shape index (κ3) is 4.16. The number of para-hydroxylation sites is 1. The molecule has 4 rings (SSSR count). The van der Waals surface area contributed by atoms with Crippen molar-refractivity contribution in [3.05, 3.63) is 65.1 Å². The van der Waals surface area contributed by atoms with Crippen LogP contribution in [0.1, 0.15) is 38.2 Å². The molecule has 0 radical (unpaired) electrons. The molecule has 0 bridgehead atoms. The Bertz CT molecular complexity index is 1220. The van der Waals surface area contributed by atoms with Crippen LogP contribution in [0.2, 0.25) is 0 Å². The molecule has 2 aliphatic rings. The first kappa shape index (κ1) is 23.1. The highest BCUT2D eigenvalue weighted by atomic mass is 32.2. The van der Waals surface area contributed by atoms with E-state index in [1.54, 1.807) is 18.1 Å². The normalized spacial score (nSPS) is 19.9. The smallest absolute Gasteiger partial charge is 0.219 e. The molecular formula is C24H25N5O2S2. The van der Waals surface area contributed by atoms with Crippen LogP contribution in [0.25, 0.3) is 0 Å². The minimum Gasteiger partial charge on any atom is -0.496 e. The van der Waals surface area contributed by atoms with Gasteiger partial charge in [-0.15, -0.1) is 16.8 Å². The second kappa shape index (κ2) is 9.04. The molecule has 0 fully saturated rings. The van der Waals surface area contributed by atoms with E-state index in [0.717, 1.165) is 15.6 Å². The Morgan fingerprint density at radius 2 is 2.15 bits per heavy atom. The zero-order chi connectivity index (χ0) is 23.8. The summed E-state index contributed by atoms with van der Waals surface area (Å²) in [6.45, 7) is 7.87. The van der Waals surface area contributed by atoms with Crippen LogP contribution >= 0.6 is 23.1 Å². The second-order valence-corrected chi connectivity index (χ2v) is 10.9.